The molecule has 1 fully saturated rings. The Morgan fingerprint density at radius 2 is 1.94 bits per heavy atom. The van der Waals surface area contributed by atoms with Crippen LogP contribution < -0.4 is 10.6 Å². The number of alkyl halides is 1. The second kappa shape index (κ2) is 15.8. The molecule has 7 nitrogen and oxygen atoms in total. The van der Waals surface area contributed by atoms with Gasteiger partial charge in [-0.1, -0.05) is 54.1 Å². The van der Waals surface area contributed by atoms with Crippen LogP contribution in [0.5, 0.6) is 0 Å². The number of hydrogen-bond donors (Lipinski definition) is 3. The zero-order chi connectivity index (χ0) is 25.5. The second-order valence-electron chi connectivity index (χ2n) is 9.05. The average molecular weight is 506 g/mol. The lowest BCUT2D eigenvalue weighted by Gasteiger charge is -2.27. The lowest BCUT2D eigenvalue weighted by atomic mass is 10.1. The first-order chi connectivity index (χ1) is 16.8. The van der Waals surface area contributed by atoms with Gasteiger partial charge in [0.05, 0.1) is 24.7 Å². The third-order valence-corrected chi connectivity index (χ3v) is 5.74. The summed E-state index contributed by atoms with van der Waals surface area (Å²) in [5.41, 5.74) is 0.252. The number of carbonyl (C=O) groups excluding carboxylic acids is 1. The smallest absolute Gasteiger partial charge is 0.263 e. The summed E-state index contributed by atoms with van der Waals surface area (Å²) in [4.78, 5) is 14.8. The minimum Gasteiger partial charge on any atom is -0.478 e. The van der Waals surface area contributed by atoms with E-state index in [1.54, 1.807) is 38.2 Å². The molecule has 1 aliphatic carbocycles. The van der Waals surface area contributed by atoms with E-state index in [1.807, 2.05) is 24.3 Å². The Bertz CT molecular complexity index is 836. The van der Waals surface area contributed by atoms with Gasteiger partial charge in [0.25, 0.3) is 5.91 Å². The molecular formula is C27H40ClN3O4. The first-order valence-corrected chi connectivity index (χ1v) is 12.6. The Balaban J connectivity index is 0.000000527. The Morgan fingerprint density at radius 1 is 1.23 bits per heavy atom. The van der Waals surface area contributed by atoms with Crippen LogP contribution in [-0.4, -0.2) is 85.5 Å². The van der Waals surface area contributed by atoms with Crippen LogP contribution in [0.2, 0.25) is 0 Å². The monoisotopic (exact) mass is 505 g/mol. The van der Waals surface area contributed by atoms with Crippen molar-refractivity contribution in [2.24, 2.45) is 0 Å². The first kappa shape index (κ1) is 29.1. The maximum absolute atomic E-state index is 12.4. The number of nitrogens with one attached hydrogen (secondary N) is 2. The van der Waals surface area contributed by atoms with Crippen LogP contribution in [0.15, 0.2) is 66.5 Å². The molecular weight excluding hydrogens is 466 g/mol. The van der Waals surface area contributed by atoms with Gasteiger partial charge in [-0.15, -0.1) is 11.6 Å². The van der Waals surface area contributed by atoms with Crippen LogP contribution in [0.4, 0.5) is 0 Å². The molecule has 2 unspecified atom stereocenters. The van der Waals surface area contributed by atoms with E-state index >= 15 is 0 Å². The lowest BCUT2D eigenvalue weighted by Crippen LogP contribution is -2.48. The fraction of sp³-hybridized carbons (Fsp3) is 0.519. The van der Waals surface area contributed by atoms with Crippen molar-refractivity contribution in [2.75, 3.05) is 52.5 Å². The second-order valence-corrected chi connectivity index (χ2v) is 9.55. The van der Waals surface area contributed by atoms with Crippen molar-refractivity contribution in [3.63, 3.8) is 0 Å². The van der Waals surface area contributed by atoms with E-state index in [0.717, 1.165) is 39.4 Å². The SMILES string of the molecule is CC(C)(OC1=CC=CC(Cl)C=C1)C(=O)NCC(O)CNCCN1CCOCC1.Cc1ccccc1. The molecule has 0 bridgehead atoms. The van der Waals surface area contributed by atoms with E-state index in [0.29, 0.717) is 12.3 Å². The van der Waals surface area contributed by atoms with Gasteiger partial charge < -0.3 is 25.2 Å². The van der Waals surface area contributed by atoms with Crippen molar-refractivity contribution in [1.29, 1.82) is 0 Å². The van der Waals surface area contributed by atoms with Crippen LogP contribution in [0.25, 0.3) is 0 Å². The number of aryl methyl sites for hydroxylation is 1. The number of nitrogens with zero attached hydrogens (tertiary/aromatic N) is 1. The molecule has 1 amide bonds. The highest BCUT2D eigenvalue weighted by atomic mass is 35.5. The number of ether oxygens (including phenoxy) is 2. The van der Waals surface area contributed by atoms with Crippen LogP contribution in [0, 0.1) is 6.92 Å². The van der Waals surface area contributed by atoms with Gasteiger partial charge in [0.2, 0.25) is 0 Å². The van der Waals surface area contributed by atoms with E-state index < -0.39 is 11.7 Å². The number of allylic oxidation sites excluding steroid dienone is 5. The molecule has 194 valence electrons. The Kier molecular flexibility index (Phi) is 13.1. The van der Waals surface area contributed by atoms with Gasteiger partial charge in [-0.2, -0.15) is 0 Å². The van der Waals surface area contributed by atoms with Gasteiger partial charge in [0.15, 0.2) is 5.60 Å². The van der Waals surface area contributed by atoms with Crippen LogP contribution in [-0.2, 0) is 14.3 Å². The molecule has 1 aromatic carbocycles. The first-order valence-electron chi connectivity index (χ1n) is 12.1. The Hall–Kier alpha value is -2.16. The zero-order valence-corrected chi connectivity index (χ0v) is 21.8. The summed E-state index contributed by atoms with van der Waals surface area (Å²) in [6.45, 7) is 11.2. The predicted octanol–water partition coefficient (Wildman–Crippen LogP) is 2.79. The molecule has 35 heavy (non-hydrogen) atoms. The largest absolute Gasteiger partial charge is 0.478 e. The van der Waals surface area contributed by atoms with Gasteiger partial charge in [-0.25, -0.2) is 0 Å². The summed E-state index contributed by atoms with van der Waals surface area (Å²) in [5, 5.41) is 15.9. The average Bonchev–Trinajstić information content (AvgIpc) is 3.05. The van der Waals surface area contributed by atoms with Gasteiger partial charge in [-0.05, 0) is 32.9 Å². The molecule has 1 aliphatic heterocycles. The quantitative estimate of drug-likeness (QED) is 0.335. The molecule has 0 radical (unpaired) electrons. The number of aliphatic hydroxyl groups is 1. The fourth-order valence-electron chi connectivity index (χ4n) is 3.33. The highest BCUT2D eigenvalue weighted by molar-refractivity contribution is 6.23. The van der Waals surface area contributed by atoms with E-state index in [-0.39, 0.29) is 17.8 Å². The highest BCUT2D eigenvalue weighted by Gasteiger charge is 2.30. The van der Waals surface area contributed by atoms with Crippen molar-refractivity contribution in [3.05, 3.63) is 72.0 Å². The minimum atomic E-state index is -1.07. The number of halogens is 1. The number of amides is 1. The molecule has 0 aromatic heterocycles. The van der Waals surface area contributed by atoms with Gasteiger partial charge in [0, 0.05) is 39.3 Å². The predicted molar refractivity (Wildman–Crippen MR) is 141 cm³/mol. The standard InChI is InChI=1S/C20H32ClN3O4.C7H8/c1-20(2,28-18-5-3-4-16(21)6-7-18)19(26)23-15-17(25)14-22-8-9-24-10-12-27-13-11-24;1-7-5-3-2-4-6-7/h3-7,16-17,22,25H,8-15H2,1-2H3,(H,23,26);2-6H,1H3. The van der Waals surface area contributed by atoms with E-state index in [2.05, 4.69) is 34.6 Å². The minimum absolute atomic E-state index is 0.161. The lowest BCUT2D eigenvalue weighted by molar-refractivity contribution is -0.138. The van der Waals surface area contributed by atoms with Gasteiger partial charge in [0.1, 0.15) is 5.76 Å². The van der Waals surface area contributed by atoms with Crippen molar-refractivity contribution >= 4 is 17.5 Å². The van der Waals surface area contributed by atoms with Crippen LogP contribution >= 0.6 is 11.6 Å². The van der Waals surface area contributed by atoms with Crippen LogP contribution in [0.1, 0.15) is 19.4 Å². The number of aliphatic hydroxyl groups excluding tert-OH is 1. The number of rotatable bonds is 10. The maximum atomic E-state index is 12.4. The zero-order valence-electron chi connectivity index (χ0n) is 21.1. The van der Waals surface area contributed by atoms with E-state index in [1.165, 1.54) is 5.56 Å². The summed E-state index contributed by atoms with van der Waals surface area (Å²) < 4.78 is 11.1. The third kappa shape index (κ3) is 12.4. The number of benzene rings is 1. The van der Waals surface area contributed by atoms with Crippen molar-refractivity contribution in [1.82, 2.24) is 15.5 Å². The molecule has 0 saturated carbocycles. The maximum Gasteiger partial charge on any atom is 0.263 e. The topological polar surface area (TPSA) is 83.1 Å². The molecule has 1 aromatic rings. The van der Waals surface area contributed by atoms with Gasteiger partial charge >= 0.3 is 0 Å². The summed E-state index contributed by atoms with van der Waals surface area (Å²) in [5.74, 6) is 0.273. The summed E-state index contributed by atoms with van der Waals surface area (Å²) in [7, 11) is 0. The van der Waals surface area contributed by atoms with Crippen LogP contribution in [0.3, 0.4) is 0 Å². The van der Waals surface area contributed by atoms with E-state index in [9.17, 15) is 9.90 Å². The summed E-state index contributed by atoms with van der Waals surface area (Å²) in [6, 6.07) is 10.3. The highest BCUT2D eigenvalue weighted by Crippen LogP contribution is 2.19. The fourth-order valence-corrected chi connectivity index (χ4v) is 3.49. The van der Waals surface area contributed by atoms with E-state index in [4.69, 9.17) is 21.1 Å². The molecule has 2 aliphatic rings. The Morgan fingerprint density at radius 3 is 2.60 bits per heavy atom. The molecule has 0 spiro atoms. The molecule has 8 heteroatoms. The van der Waals surface area contributed by atoms with Crippen molar-refractivity contribution < 1.29 is 19.4 Å². The molecule has 3 N–H and O–H groups in total. The molecule has 1 heterocycles. The molecule has 2 atom stereocenters. The number of morpholine rings is 1. The number of carbonyl (C=O) groups is 1. The van der Waals surface area contributed by atoms with Crippen molar-refractivity contribution in [2.45, 2.75) is 37.9 Å². The number of hydrogen-bond acceptors (Lipinski definition) is 6. The normalized spacial score (nSPS) is 19.1. The molecule has 3 rings (SSSR count). The van der Waals surface area contributed by atoms with Crippen molar-refractivity contribution in [3.8, 4) is 0 Å². The molecule has 1 saturated heterocycles. The summed E-state index contributed by atoms with van der Waals surface area (Å²) >= 11 is 6.02. The summed E-state index contributed by atoms with van der Waals surface area (Å²) in [6.07, 6.45) is 8.26. The third-order valence-electron chi connectivity index (χ3n) is 5.45. The Labute approximate surface area is 214 Å². The van der Waals surface area contributed by atoms with Gasteiger partial charge in [-0.3, -0.25) is 9.69 Å².